The predicted octanol–water partition coefficient (Wildman–Crippen LogP) is 2.54. The van der Waals surface area contributed by atoms with Gasteiger partial charge in [0.1, 0.15) is 0 Å². The third kappa shape index (κ3) is 3.53. The van der Waals surface area contributed by atoms with E-state index >= 15 is 0 Å². The molecule has 3 atom stereocenters. The molecule has 0 aromatic rings. The van der Waals surface area contributed by atoms with Crippen molar-refractivity contribution in [2.75, 3.05) is 26.2 Å². The number of fused-ring (bicyclic) bond motifs is 2. The van der Waals surface area contributed by atoms with Gasteiger partial charge in [0.2, 0.25) is 5.91 Å². The van der Waals surface area contributed by atoms with Gasteiger partial charge in [-0.3, -0.25) is 9.79 Å². The van der Waals surface area contributed by atoms with Crippen LogP contribution in [0.5, 0.6) is 0 Å². The van der Waals surface area contributed by atoms with Crippen LogP contribution in [0, 0.1) is 17.3 Å². The number of likely N-dealkylation sites (tertiary alicyclic amines) is 1. The fourth-order valence-electron chi connectivity index (χ4n) is 6.15. The van der Waals surface area contributed by atoms with E-state index in [2.05, 4.69) is 17.6 Å². The Morgan fingerprint density at radius 2 is 1.89 bits per heavy atom. The number of carbonyl (C=O) groups excluding carboxylic acids is 1. The highest BCUT2D eigenvalue weighted by Crippen LogP contribution is 2.60. The van der Waals surface area contributed by atoms with Crippen molar-refractivity contribution in [2.24, 2.45) is 22.2 Å². The Balaban J connectivity index is 1.35. The molecular weight excluding hydrogens is 352 g/mol. The Bertz CT molecular complexity index is 591. The van der Waals surface area contributed by atoms with E-state index in [0.29, 0.717) is 29.5 Å². The Labute approximate surface area is 169 Å². The number of aliphatic imine (C=N–C) groups is 1. The summed E-state index contributed by atoms with van der Waals surface area (Å²) < 4.78 is 6.13. The van der Waals surface area contributed by atoms with Crippen LogP contribution in [0.1, 0.15) is 65.7 Å². The van der Waals surface area contributed by atoms with Crippen molar-refractivity contribution < 1.29 is 9.53 Å². The standard InChI is InChI=1S/C22H38N4O2/c1-4-23-21(24-16-7-12-26(13-8-16)20(27)15(2)3)25-18-17-9-14-28-19(17)22(18)10-5-6-11-22/h15-19H,4-14H2,1-3H3,(H2,23,24,25). The summed E-state index contributed by atoms with van der Waals surface area (Å²) >= 11 is 0. The molecule has 0 aromatic carbocycles. The molecule has 1 spiro atoms. The van der Waals surface area contributed by atoms with Crippen molar-refractivity contribution in [2.45, 2.75) is 83.9 Å². The lowest BCUT2D eigenvalue weighted by Crippen LogP contribution is -2.69. The van der Waals surface area contributed by atoms with Gasteiger partial charge in [0, 0.05) is 55.6 Å². The monoisotopic (exact) mass is 390 g/mol. The van der Waals surface area contributed by atoms with E-state index in [1.165, 1.54) is 32.1 Å². The summed E-state index contributed by atoms with van der Waals surface area (Å²) in [7, 11) is 0. The molecule has 6 nitrogen and oxygen atoms in total. The van der Waals surface area contributed by atoms with Crippen LogP contribution < -0.4 is 10.6 Å². The average molecular weight is 391 g/mol. The number of hydrogen-bond donors (Lipinski definition) is 2. The maximum Gasteiger partial charge on any atom is 0.225 e. The highest BCUT2D eigenvalue weighted by Gasteiger charge is 2.65. The van der Waals surface area contributed by atoms with Gasteiger partial charge >= 0.3 is 0 Å². The van der Waals surface area contributed by atoms with Crippen molar-refractivity contribution in [1.82, 2.24) is 15.5 Å². The second-order valence-electron chi connectivity index (χ2n) is 9.53. The fraction of sp³-hybridized carbons (Fsp3) is 0.909. The molecule has 158 valence electrons. The minimum absolute atomic E-state index is 0.0891. The van der Waals surface area contributed by atoms with Crippen molar-refractivity contribution in [1.29, 1.82) is 0 Å². The maximum absolute atomic E-state index is 12.2. The number of piperidine rings is 1. The van der Waals surface area contributed by atoms with Gasteiger partial charge in [-0.05, 0) is 39.0 Å². The summed E-state index contributed by atoms with van der Waals surface area (Å²) in [6.45, 7) is 9.47. The average Bonchev–Trinajstić information content (AvgIpc) is 3.35. The predicted molar refractivity (Wildman–Crippen MR) is 111 cm³/mol. The highest BCUT2D eigenvalue weighted by atomic mass is 16.5. The zero-order chi connectivity index (χ0) is 19.7. The van der Waals surface area contributed by atoms with Crippen molar-refractivity contribution in [3.63, 3.8) is 0 Å². The summed E-state index contributed by atoms with van der Waals surface area (Å²) in [5, 5.41) is 7.53. The number of rotatable bonds is 4. The van der Waals surface area contributed by atoms with Crippen LogP contribution in [0.25, 0.3) is 0 Å². The van der Waals surface area contributed by atoms with E-state index in [1.54, 1.807) is 0 Å². The molecule has 2 aliphatic carbocycles. The van der Waals surface area contributed by atoms with Gasteiger partial charge in [-0.1, -0.05) is 26.7 Å². The van der Waals surface area contributed by atoms with Crippen LogP contribution in [0.3, 0.4) is 0 Å². The van der Waals surface area contributed by atoms with Crippen molar-refractivity contribution >= 4 is 11.9 Å². The van der Waals surface area contributed by atoms with Gasteiger partial charge in [0.05, 0.1) is 6.10 Å². The normalized spacial score (nSPS) is 32.5. The largest absolute Gasteiger partial charge is 0.377 e. The van der Waals surface area contributed by atoms with E-state index in [0.717, 1.165) is 45.0 Å². The molecule has 2 saturated heterocycles. The van der Waals surface area contributed by atoms with Crippen LogP contribution in [-0.2, 0) is 9.53 Å². The van der Waals surface area contributed by atoms with Crippen molar-refractivity contribution in [3.8, 4) is 0 Å². The molecule has 2 saturated carbocycles. The number of nitrogens with zero attached hydrogens (tertiary/aromatic N) is 2. The second kappa shape index (κ2) is 8.21. The SMILES string of the molecule is CCN=C(NC1CCN(C(=O)C(C)C)CC1)NC1C2CCOC2C12CCCC2. The summed E-state index contributed by atoms with van der Waals surface area (Å²) in [6, 6.07) is 0.896. The number of amides is 1. The van der Waals surface area contributed by atoms with Gasteiger partial charge in [-0.25, -0.2) is 0 Å². The molecular formula is C22H38N4O2. The zero-order valence-electron chi connectivity index (χ0n) is 17.9. The Morgan fingerprint density at radius 3 is 2.54 bits per heavy atom. The summed E-state index contributed by atoms with van der Waals surface area (Å²) in [5.41, 5.74) is 0.338. The number of hydrogen-bond acceptors (Lipinski definition) is 3. The molecule has 4 fully saturated rings. The third-order valence-electron chi connectivity index (χ3n) is 7.54. The molecule has 0 radical (unpaired) electrons. The number of guanidine groups is 1. The third-order valence-corrected chi connectivity index (χ3v) is 7.54. The molecule has 6 heteroatoms. The van der Waals surface area contributed by atoms with Crippen LogP contribution in [-0.4, -0.2) is 61.2 Å². The van der Waals surface area contributed by atoms with Crippen LogP contribution >= 0.6 is 0 Å². The van der Waals surface area contributed by atoms with Gasteiger partial charge in [0.15, 0.2) is 5.96 Å². The van der Waals surface area contributed by atoms with E-state index in [9.17, 15) is 4.79 Å². The number of nitrogens with one attached hydrogen (secondary N) is 2. The summed E-state index contributed by atoms with van der Waals surface area (Å²) in [5.74, 6) is 1.99. The zero-order valence-corrected chi connectivity index (χ0v) is 17.9. The van der Waals surface area contributed by atoms with Crippen LogP contribution in [0.4, 0.5) is 0 Å². The molecule has 2 N–H and O–H groups in total. The lowest BCUT2D eigenvalue weighted by atomic mass is 9.54. The molecule has 0 aromatic heterocycles. The summed E-state index contributed by atoms with van der Waals surface area (Å²) in [4.78, 5) is 19.0. The summed E-state index contributed by atoms with van der Waals surface area (Å²) in [6.07, 6.45) is 8.89. The van der Waals surface area contributed by atoms with E-state index in [4.69, 9.17) is 9.73 Å². The second-order valence-corrected chi connectivity index (χ2v) is 9.53. The molecule has 1 amide bonds. The Hall–Kier alpha value is -1.30. The van der Waals surface area contributed by atoms with Gasteiger partial charge in [0.25, 0.3) is 0 Å². The Kier molecular flexibility index (Phi) is 5.86. The first-order valence-corrected chi connectivity index (χ1v) is 11.5. The first-order valence-electron chi connectivity index (χ1n) is 11.5. The van der Waals surface area contributed by atoms with Crippen LogP contribution in [0.15, 0.2) is 4.99 Å². The molecule has 0 bridgehead atoms. The maximum atomic E-state index is 12.2. The Morgan fingerprint density at radius 1 is 1.18 bits per heavy atom. The van der Waals surface area contributed by atoms with E-state index in [1.807, 2.05) is 18.7 Å². The first-order chi connectivity index (χ1) is 13.5. The van der Waals surface area contributed by atoms with Crippen LogP contribution in [0.2, 0.25) is 0 Å². The van der Waals surface area contributed by atoms with Gasteiger partial charge < -0.3 is 20.3 Å². The molecule has 4 rings (SSSR count). The lowest BCUT2D eigenvalue weighted by Gasteiger charge is -2.57. The molecule has 3 unspecified atom stereocenters. The van der Waals surface area contributed by atoms with Crippen molar-refractivity contribution in [3.05, 3.63) is 0 Å². The van der Waals surface area contributed by atoms with Gasteiger partial charge in [-0.15, -0.1) is 0 Å². The molecule has 2 aliphatic heterocycles. The number of carbonyl (C=O) groups is 1. The molecule has 28 heavy (non-hydrogen) atoms. The topological polar surface area (TPSA) is 66.0 Å². The number of ether oxygens (including phenoxy) is 1. The quantitative estimate of drug-likeness (QED) is 0.572. The van der Waals surface area contributed by atoms with E-state index < -0.39 is 0 Å². The first kappa shape index (κ1) is 20.0. The highest BCUT2D eigenvalue weighted by molar-refractivity contribution is 5.81. The lowest BCUT2D eigenvalue weighted by molar-refractivity contribution is -0.135. The van der Waals surface area contributed by atoms with E-state index in [-0.39, 0.29) is 11.8 Å². The smallest absolute Gasteiger partial charge is 0.225 e. The molecule has 4 aliphatic rings. The minimum atomic E-state index is 0.0891. The minimum Gasteiger partial charge on any atom is -0.377 e. The van der Waals surface area contributed by atoms with Gasteiger partial charge in [-0.2, -0.15) is 0 Å². The molecule has 2 heterocycles. The fourth-order valence-corrected chi connectivity index (χ4v) is 6.15.